The molecule has 3 aromatic rings. The highest BCUT2D eigenvalue weighted by Gasteiger charge is 2.66. The number of carbonyl (C=O) groups is 1. The molecule has 1 aromatic carbocycles. The molecule has 36 heavy (non-hydrogen) atoms. The first-order valence-corrected chi connectivity index (χ1v) is 12.4. The number of aromatic nitrogens is 2. The first-order valence-electron chi connectivity index (χ1n) is 12.4. The van der Waals surface area contributed by atoms with Crippen LogP contribution in [0.5, 0.6) is 5.88 Å². The van der Waals surface area contributed by atoms with Gasteiger partial charge in [0, 0.05) is 23.6 Å². The number of halogens is 1. The zero-order valence-electron chi connectivity index (χ0n) is 20.3. The number of aromatic amines is 1. The van der Waals surface area contributed by atoms with Gasteiger partial charge in [-0.3, -0.25) is 0 Å². The van der Waals surface area contributed by atoms with Gasteiger partial charge in [0.05, 0.1) is 24.2 Å². The number of nitrogens with zero attached hydrogens (tertiary/aromatic N) is 1. The summed E-state index contributed by atoms with van der Waals surface area (Å²) in [5.74, 6) is 0.116. The van der Waals surface area contributed by atoms with E-state index in [0.29, 0.717) is 22.5 Å². The van der Waals surface area contributed by atoms with Crippen molar-refractivity contribution in [3.8, 4) is 17.1 Å². The van der Waals surface area contributed by atoms with E-state index in [1.807, 2.05) is 38.1 Å². The number of ether oxygens (including phenoxy) is 3. The molecule has 0 bridgehead atoms. The van der Waals surface area contributed by atoms with Crippen LogP contribution in [-0.4, -0.2) is 58.0 Å². The van der Waals surface area contributed by atoms with E-state index < -0.39 is 29.2 Å². The van der Waals surface area contributed by atoms with Crippen LogP contribution in [0.2, 0.25) is 0 Å². The van der Waals surface area contributed by atoms with Gasteiger partial charge < -0.3 is 29.1 Å². The van der Waals surface area contributed by atoms with Gasteiger partial charge in [0.25, 0.3) is 0 Å². The second kappa shape index (κ2) is 8.50. The summed E-state index contributed by atoms with van der Waals surface area (Å²) in [6, 6.07) is 10.9. The molecule has 0 amide bonds. The van der Waals surface area contributed by atoms with E-state index in [4.69, 9.17) is 14.2 Å². The number of pyridine rings is 1. The lowest BCUT2D eigenvalue weighted by Gasteiger charge is -2.35. The average Bonchev–Trinajstić information content (AvgIpc) is 3.48. The smallest absolute Gasteiger partial charge is 0.193 e. The summed E-state index contributed by atoms with van der Waals surface area (Å²) in [5.41, 5.74) is 2.71. The topological polar surface area (TPSA) is 93.7 Å². The van der Waals surface area contributed by atoms with Gasteiger partial charge in [-0.15, -0.1) is 0 Å². The van der Waals surface area contributed by atoms with Gasteiger partial charge in [0.1, 0.15) is 29.3 Å². The highest BCUT2D eigenvalue weighted by molar-refractivity contribution is 5.81. The molecule has 2 saturated heterocycles. The average molecular weight is 493 g/mol. The highest BCUT2D eigenvalue weighted by Crippen LogP contribution is 2.47. The predicted molar refractivity (Wildman–Crippen MR) is 132 cm³/mol. The van der Waals surface area contributed by atoms with Crippen molar-refractivity contribution in [1.82, 2.24) is 9.97 Å². The third-order valence-electron chi connectivity index (χ3n) is 8.28. The van der Waals surface area contributed by atoms with E-state index in [9.17, 15) is 9.90 Å². The number of benzene rings is 1. The second-order valence-corrected chi connectivity index (χ2v) is 10.3. The number of nitrogens with one attached hydrogen (secondary N) is 1. The third kappa shape index (κ3) is 3.58. The van der Waals surface area contributed by atoms with Crippen LogP contribution in [-0.2, 0) is 14.3 Å². The van der Waals surface area contributed by atoms with E-state index >= 15 is 4.39 Å². The van der Waals surface area contributed by atoms with Crippen LogP contribution in [0.4, 0.5) is 4.39 Å². The molecular weight excluding hydrogens is 463 g/mol. The molecule has 0 radical (unpaired) electrons. The summed E-state index contributed by atoms with van der Waals surface area (Å²) < 4.78 is 33.0. The number of fused-ring (bicyclic) bond motifs is 2. The molecule has 2 aliphatic heterocycles. The second-order valence-electron chi connectivity index (χ2n) is 10.3. The van der Waals surface area contributed by atoms with Gasteiger partial charge in [-0.25, -0.2) is 9.37 Å². The molecule has 5 atom stereocenters. The number of aliphatic hydroxyl groups excluding tert-OH is 1. The van der Waals surface area contributed by atoms with Crippen LogP contribution in [0.25, 0.3) is 27.9 Å². The van der Waals surface area contributed by atoms with Crippen LogP contribution < -0.4 is 4.74 Å². The molecule has 188 valence electrons. The zero-order valence-corrected chi connectivity index (χ0v) is 20.3. The molecular formula is C28H29FN2O5. The Balaban J connectivity index is 1.24. The summed E-state index contributed by atoms with van der Waals surface area (Å²) in [4.78, 5) is 18.7. The normalized spacial score (nSPS) is 31.9. The van der Waals surface area contributed by atoms with Gasteiger partial charge in [-0.2, -0.15) is 0 Å². The fourth-order valence-electron chi connectivity index (χ4n) is 5.60. The lowest BCUT2D eigenvalue weighted by atomic mass is 9.82. The monoisotopic (exact) mass is 492 g/mol. The summed E-state index contributed by atoms with van der Waals surface area (Å²) in [6.45, 7) is 4.17. The Morgan fingerprint density at radius 1 is 1.14 bits per heavy atom. The van der Waals surface area contributed by atoms with Gasteiger partial charge in [0.15, 0.2) is 17.8 Å². The van der Waals surface area contributed by atoms with Crippen molar-refractivity contribution in [3.05, 3.63) is 53.9 Å². The standard InChI is InChI=1S/C28H29FN2O5/c1-27-23(33)14-34-28(27,2)24(15-35-27)36-25-12-22-21(30-25)11-20(29)26(31-22)19-9-7-18(8-10-19)17-5-3-16(13-32)4-6-17/h5,7-13,16,23-24,30,33H,3-4,6,14-15H2,1-2H3/t16?,23?,24?,27-,28-/m1/s1. The minimum Gasteiger partial charge on any atom is -0.470 e. The van der Waals surface area contributed by atoms with Crippen molar-refractivity contribution in [2.45, 2.75) is 56.5 Å². The minimum absolute atomic E-state index is 0.110. The molecule has 3 unspecified atom stereocenters. The molecule has 0 spiro atoms. The minimum atomic E-state index is -0.850. The Kier molecular flexibility index (Phi) is 5.51. The lowest BCUT2D eigenvalue weighted by Crippen LogP contribution is -2.54. The molecule has 7 nitrogen and oxygen atoms in total. The Labute approximate surface area is 208 Å². The fraction of sp³-hybridized carbons (Fsp3) is 0.429. The number of hydrogen-bond acceptors (Lipinski definition) is 6. The number of allylic oxidation sites excluding steroid dienone is 2. The molecule has 6 rings (SSSR count). The third-order valence-corrected chi connectivity index (χ3v) is 8.28. The van der Waals surface area contributed by atoms with Crippen molar-refractivity contribution in [2.24, 2.45) is 5.92 Å². The molecule has 2 N–H and O–H groups in total. The summed E-state index contributed by atoms with van der Waals surface area (Å²) >= 11 is 0. The maximum absolute atomic E-state index is 15.1. The summed E-state index contributed by atoms with van der Waals surface area (Å²) in [7, 11) is 0. The Bertz CT molecular complexity index is 1350. The Morgan fingerprint density at radius 3 is 2.61 bits per heavy atom. The Hall–Kier alpha value is -3.07. The van der Waals surface area contributed by atoms with Crippen LogP contribution in [0.1, 0.15) is 38.7 Å². The molecule has 2 aromatic heterocycles. The number of carbonyl (C=O) groups excluding carboxylic acids is 1. The molecule has 0 saturated carbocycles. The number of rotatable bonds is 5. The van der Waals surface area contributed by atoms with E-state index in [2.05, 4.69) is 16.0 Å². The maximum Gasteiger partial charge on any atom is 0.193 e. The SMILES string of the molecule is C[C@]12OCC(Oc3cc4nc(-c5ccc(C6=CCC(C=O)CC6)cc5)c(F)cc4[nH]3)[C@@]1(C)OCC2O. The fourth-order valence-corrected chi connectivity index (χ4v) is 5.60. The van der Waals surface area contributed by atoms with E-state index in [0.717, 1.165) is 31.1 Å². The summed E-state index contributed by atoms with van der Waals surface area (Å²) in [6.07, 6.45) is 4.47. The summed E-state index contributed by atoms with van der Waals surface area (Å²) in [5, 5.41) is 10.3. The highest BCUT2D eigenvalue weighted by atomic mass is 19.1. The van der Waals surface area contributed by atoms with Crippen molar-refractivity contribution < 1.29 is 28.5 Å². The van der Waals surface area contributed by atoms with E-state index in [1.165, 1.54) is 11.6 Å². The first kappa shape index (κ1) is 23.3. The molecule has 4 heterocycles. The number of hydrogen-bond donors (Lipinski definition) is 2. The molecule has 1 aliphatic carbocycles. The number of aliphatic hydroxyl groups is 1. The number of aldehydes is 1. The van der Waals surface area contributed by atoms with E-state index in [-0.39, 0.29) is 24.8 Å². The van der Waals surface area contributed by atoms with Gasteiger partial charge >= 0.3 is 0 Å². The van der Waals surface area contributed by atoms with Crippen LogP contribution >= 0.6 is 0 Å². The van der Waals surface area contributed by atoms with Gasteiger partial charge in [0.2, 0.25) is 0 Å². The predicted octanol–water partition coefficient (Wildman–Crippen LogP) is 4.44. The molecule has 3 aliphatic rings. The molecule has 2 fully saturated rings. The van der Waals surface area contributed by atoms with Crippen molar-refractivity contribution in [2.75, 3.05) is 13.2 Å². The Morgan fingerprint density at radius 2 is 1.89 bits per heavy atom. The lowest BCUT2D eigenvalue weighted by molar-refractivity contribution is -0.111. The van der Waals surface area contributed by atoms with Crippen LogP contribution in [0.15, 0.2) is 42.5 Å². The van der Waals surface area contributed by atoms with Crippen molar-refractivity contribution >= 4 is 22.9 Å². The van der Waals surface area contributed by atoms with E-state index in [1.54, 1.807) is 6.07 Å². The van der Waals surface area contributed by atoms with Gasteiger partial charge in [-0.1, -0.05) is 30.3 Å². The maximum atomic E-state index is 15.1. The van der Waals surface area contributed by atoms with Crippen molar-refractivity contribution in [3.63, 3.8) is 0 Å². The van der Waals surface area contributed by atoms with Crippen molar-refractivity contribution in [1.29, 1.82) is 0 Å². The largest absolute Gasteiger partial charge is 0.470 e. The van der Waals surface area contributed by atoms with Gasteiger partial charge in [-0.05, 0) is 44.2 Å². The number of H-pyrrole nitrogens is 1. The van der Waals surface area contributed by atoms with Crippen LogP contribution in [0, 0.1) is 11.7 Å². The zero-order chi connectivity index (χ0) is 25.1. The first-order chi connectivity index (χ1) is 17.3. The molecule has 8 heteroatoms. The van der Waals surface area contributed by atoms with Crippen LogP contribution in [0.3, 0.4) is 0 Å². The quantitative estimate of drug-likeness (QED) is 0.512.